The Kier molecular flexibility index (Phi) is 3.67. The normalized spacial score (nSPS) is 16.0. The Morgan fingerprint density at radius 3 is 2.41 bits per heavy atom. The first-order valence-electron chi connectivity index (χ1n) is 10.8. The standard InChI is InChI=1S/C26H30N/c1-17(2)15-20-24(23-13-9-10-14-27(23)6)18(3)16-22-25(20)19-11-7-8-12-21(19)26(22,4)5/h7-14,16-17H,15H2,1-6H3/q+1/i15D2. The molecule has 0 saturated heterocycles. The quantitative estimate of drug-likeness (QED) is 0.506. The van der Waals surface area contributed by atoms with Crippen molar-refractivity contribution in [2.75, 3.05) is 0 Å². The fourth-order valence-corrected chi connectivity index (χ4v) is 4.53. The monoisotopic (exact) mass is 358 g/mol. The maximum Gasteiger partial charge on any atom is 0.212 e. The van der Waals surface area contributed by atoms with Gasteiger partial charge in [0.05, 0.1) is 5.56 Å². The van der Waals surface area contributed by atoms with Crippen LogP contribution in [0.25, 0.3) is 22.4 Å². The molecule has 1 nitrogen and oxygen atoms in total. The van der Waals surface area contributed by atoms with Gasteiger partial charge in [0.2, 0.25) is 5.69 Å². The largest absolute Gasteiger partial charge is 0.212 e. The van der Waals surface area contributed by atoms with Crippen LogP contribution >= 0.6 is 0 Å². The highest BCUT2D eigenvalue weighted by molar-refractivity contribution is 5.88. The molecule has 0 unspecified atom stereocenters. The number of rotatable bonds is 3. The van der Waals surface area contributed by atoms with Crippen LogP contribution in [0.4, 0.5) is 0 Å². The summed E-state index contributed by atoms with van der Waals surface area (Å²) in [6.07, 6.45) is 0.580. The Morgan fingerprint density at radius 2 is 1.70 bits per heavy atom. The van der Waals surface area contributed by atoms with E-state index in [1.54, 1.807) is 0 Å². The molecule has 1 aliphatic carbocycles. The van der Waals surface area contributed by atoms with Crippen LogP contribution in [-0.4, -0.2) is 0 Å². The summed E-state index contributed by atoms with van der Waals surface area (Å²) in [5.74, 6) is -0.142. The van der Waals surface area contributed by atoms with Crippen molar-refractivity contribution >= 4 is 0 Å². The lowest BCUT2D eigenvalue weighted by Crippen LogP contribution is -2.30. The SMILES string of the molecule is [2H]C([2H])(c1c(-c2cccc[n+]2C)c(C)cc2c1-c1ccccc1C2(C)C)C(C)C. The Hall–Kier alpha value is -2.41. The molecule has 2 aromatic carbocycles. The van der Waals surface area contributed by atoms with Crippen molar-refractivity contribution in [1.29, 1.82) is 0 Å². The van der Waals surface area contributed by atoms with Crippen LogP contribution < -0.4 is 4.57 Å². The molecule has 0 aliphatic heterocycles. The second kappa shape index (κ2) is 6.34. The van der Waals surface area contributed by atoms with Gasteiger partial charge in [0.15, 0.2) is 6.20 Å². The third kappa shape index (κ3) is 2.72. The van der Waals surface area contributed by atoms with Gasteiger partial charge < -0.3 is 0 Å². The molecule has 138 valence electrons. The zero-order valence-electron chi connectivity index (χ0n) is 19.2. The molecular weight excluding hydrogens is 326 g/mol. The van der Waals surface area contributed by atoms with Crippen LogP contribution in [0, 0.1) is 12.8 Å². The van der Waals surface area contributed by atoms with Crippen LogP contribution in [0.15, 0.2) is 54.7 Å². The Labute approximate surface area is 166 Å². The van der Waals surface area contributed by atoms with Crippen molar-refractivity contribution in [1.82, 2.24) is 0 Å². The Morgan fingerprint density at radius 1 is 1.00 bits per heavy atom. The molecule has 27 heavy (non-hydrogen) atoms. The third-order valence-electron chi connectivity index (χ3n) is 5.81. The van der Waals surface area contributed by atoms with E-state index < -0.39 is 6.37 Å². The minimum absolute atomic E-state index is 0.142. The van der Waals surface area contributed by atoms with Gasteiger partial charge in [0, 0.05) is 20.3 Å². The number of aryl methyl sites for hydroxylation is 2. The topological polar surface area (TPSA) is 3.88 Å². The number of benzene rings is 2. The van der Waals surface area contributed by atoms with Gasteiger partial charge in [-0.05, 0) is 58.7 Å². The number of fused-ring (bicyclic) bond motifs is 3. The van der Waals surface area contributed by atoms with Gasteiger partial charge in [-0.2, -0.15) is 0 Å². The average molecular weight is 359 g/mol. The molecule has 1 heteroatoms. The minimum atomic E-state index is -1.46. The molecule has 0 fully saturated rings. The number of hydrogen-bond donors (Lipinski definition) is 0. The van der Waals surface area contributed by atoms with Gasteiger partial charge in [0.25, 0.3) is 0 Å². The van der Waals surface area contributed by atoms with Crippen LogP contribution in [-0.2, 0) is 18.8 Å². The van der Waals surface area contributed by atoms with Gasteiger partial charge in [-0.25, -0.2) is 4.57 Å². The predicted molar refractivity (Wildman–Crippen MR) is 114 cm³/mol. The molecule has 3 aromatic rings. The number of nitrogens with zero attached hydrogens (tertiary/aromatic N) is 1. The minimum Gasteiger partial charge on any atom is -0.201 e. The van der Waals surface area contributed by atoms with Gasteiger partial charge in [-0.3, -0.25) is 0 Å². The maximum absolute atomic E-state index is 9.18. The van der Waals surface area contributed by atoms with Crippen molar-refractivity contribution < 1.29 is 7.31 Å². The highest BCUT2D eigenvalue weighted by Gasteiger charge is 2.38. The average Bonchev–Trinajstić information content (AvgIpc) is 2.89. The molecule has 0 N–H and O–H groups in total. The van der Waals surface area contributed by atoms with Crippen molar-refractivity contribution in [2.45, 2.75) is 46.4 Å². The molecule has 4 rings (SSSR count). The summed E-state index contributed by atoms with van der Waals surface area (Å²) in [5.41, 5.74) is 8.68. The molecule has 0 bridgehead atoms. The van der Waals surface area contributed by atoms with Gasteiger partial charge in [0.1, 0.15) is 7.05 Å². The van der Waals surface area contributed by atoms with Crippen LogP contribution in [0.2, 0.25) is 0 Å². The van der Waals surface area contributed by atoms with E-state index in [1.807, 2.05) is 39.2 Å². The highest BCUT2D eigenvalue weighted by atomic mass is 14.9. The smallest absolute Gasteiger partial charge is 0.201 e. The number of aromatic nitrogens is 1. The van der Waals surface area contributed by atoms with Crippen LogP contribution in [0.5, 0.6) is 0 Å². The second-order valence-electron chi connectivity index (χ2n) is 8.53. The first-order valence-corrected chi connectivity index (χ1v) is 9.82. The van der Waals surface area contributed by atoms with E-state index in [0.717, 1.165) is 27.9 Å². The van der Waals surface area contributed by atoms with Crippen LogP contribution in [0.3, 0.4) is 0 Å². The van der Waals surface area contributed by atoms with Gasteiger partial charge in [-0.1, -0.05) is 58.0 Å². The lowest BCUT2D eigenvalue weighted by atomic mass is 9.79. The van der Waals surface area contributed by atoms with Crippen LogP contribution in [0.1, 0.15) is 52.7 Å². The molecule has 0 amide bonds. The Bertz CT molecular complexity index is 1110. The predicted octanol–water partition coefficient (Wildman–Crippen LogP) is 5.99. The lowest BCUT2D eigenvalue weighted by Gasteiger charge is -2.24. The summed E-state index contributed by atoms with van der Waals surface area (Å²) in [5, 5.41) is 0. The number of hydrogen-bond acceptors (Lipinski definition) is 0. The first-order chi connectivity index (χ1) is 13.6. The summed E-state index contributed by atoms with van der Waals surface area (Å²) in [7, 11) is 2.04. The molecule has 0 spiro atoms. The zero-order valence-corrected chi connectivity index (χ0v) is 17.2. The number of pyridine rings is 1. The molecule has 1 aromatic heterocycles. The zero-order chi connectivity index (χ0) is 21.1. The Balaban J connectivity index is 2.22. The van der Waals surface area contributed by atoms with E-state index in [-0.39, 0.29) is 11.3 Å². The molecule has 1 heterocycles. The summed E-state index contributed by atoms with van der Waals surface area (Å²) in [4.78, 5) is 0. The molecular formula is C26H30N+. The van der Waals surface area contributed by atoms with E-state index in [0.29, 0.717) is 0 Å². The lowest BCUT2D eigenvalue weighted by molar-refractivity contribution is -0.660. The van der Waals surface area contributed by atoms with Crippen molar-refractivity contribution in [3.05, 3.63) is 77.0 Å². The summed E-state index contributed by atoms with van der Waals surface area (Å²) in [6, 6.07) is 17.0. The maximum atomic E-state index is 9.18. The second-order valence-corrected chi connectivity index (χ2v) is 8.53. The molecule has 0 atom stereocenters. The van der Waals surface area contributed by atoms with Gasteiger partial charge >= 0.3 is 0 Å². The molecule has 0 radical (unpaired) electrons. The van der Waals surface area contributed by atoms with E-state index in [2.05, 4.69) is 61.7 Å². The van der Waals surface area contributed by atoms with E-state index in [1.165, 1.54) is 16.7 Å². The fourth-order valence-electron chi connectivity index (χ4n) is 4.53. The van der Waals surface area contributed by atoms with Gasteiger partial charge in [-0.15, -0.1) is 0 Å². The summed E-state index contributed by atoms with van der Waals surface area (Å²) >= 11 is 0. The van der Waals surface area contributed by atoms with Crippen molar-refractivity contribution in [3.8, 4) is 22.4 Å². The summed E-state index contributed by atoms with van der Waals surface area (Å²) < 4.78 is 20.4. The molecule has 0 saturated carbocycles. The molecule has 1 aliphatic rings. The third-order valence-corrected chi connectivity index (χ3v) is 5.81. The fraction of sp³-hybridized carbons (Fsp3) is 0.346. The van der Waals surface area contributed by atoms with E-state index >= 15 is 0 Å². The first kappa shape index (κ1) is 15.6. The highest BCUT2D eigenvalue weighted by Crippen LogP contribution is 2.52. The van der Waals surface area contributed by atoms with Crippen molar-refractivity contribution in [2.24, 2.45) is 13.0 Å². The van der Waals surface area contributed by atoms with Crippen molar-refractivity contribution in [3.63, 3.8) is 0 Å². The summed E-state index contributed by atoms with van der Waals surface area (Å²) in [6.45, 7) is 10.6. The van der Waals surface area contributed by atoms with E-state index in [9.17, 15) is 2.74 Å². The van der Waals surface area contributed by atoms with E-state index in [4.69, 9.17) is 0 Å².